The second-order valence-electron chi connectivity index (χ2n) is 2.83. The molecule has 1 heterocycles. The molecule has 0 unspecified atom stereocenters. The fourth-order valence-corrected chi connectivity index (χ4v) is 1.73. The minimum atomic E-state index is 0.907. The van der Waals surface area contributed by atoms with Crippen molar-refractivity contribution >= 4 is 23.5 Å². The molecule has 0 aliphatic rings. The second-order valence-corrected chi connectivity index (χ2v) is 3.28. The predicted molar refractivity (Wildman–Crippen MR) is 55.9 cm³/mol. The van der Waals surface area contributed by atoms with Crippen LogP contribution in [0.3, 0.4) is 0 Å². The number of aromatic nitrogens is 1. The van der Waals surface area contributed by atoms with Crippen LogP contribution in [0.25, 0.3) is 10.9 Å². The van der Waals surface area contributed by atoms with Gasteiger partial charge in [-0.1, -0.05) is 12.1 Å². The van der Waals surface area contributed by atoms with Gasteiger partial charge in [-0.2, -0.15) is 12.6 Å². The molecule has 2 aromatic rings. The maximum Gasteiger partial charge on any atom is 0.0456 e. The van der Waals surface area contributed by atoms with Crippen molar-refractivity contribution in [1.29, 1.82) is 0 Å². The number of benzene rings is 1. The SMILES string of the molecule is SCCc1cccc2[nH]ccc12. The fraction of sp³-hybridized carbons (Fsp3) is 0.200. The highest BCUT2D eigenvalue weighted by Crippen LogP contribution is 2.17. The van der Waals surface area contributed by atoms with Crippen LogP contribution in [0.4, 0.5) is 0 Å². The predicted octanol–water partition coefficient (Wildman–Crippen LogP) is 2.64. The van der Waals surface area contributed by atoms with Gasteiger partial charge in [0.1, 0.15) is 0 Å². The van der Waals surface area contributed by atoms with E-state index in [1.54, 1.807) is 0 Å². The zero-order chi connectivity index (χ0) is 8.39. The average molecular weight is 177 g/mol. The van der Waals surface area contributed by atoms with E-state index in [2.05, 4.69) is 41.9 Å². The highest BCUT2D eigenvalue weighted by Gasteiger charge is 1.98. The Morgan fingerprint density at radius 2 is 2.17 bits per heavy atom. The molecule has 0 amide bonds. The van der Waals surface area contributed by atoms with Gasteiger partial charge in [-0.25, -0.2) is 0 Å². The number of aromatic amines is 1. The molecule has 2 heteroatoms. The summed E-state index contributed by atoms with van der Waals surface area (Å²) in [6.07, 6.45) is 3.02. The Morgan fingerprint density at radius 1 is 1.25 bits per heavy atom. The molecule has 0 radical (unpaired) electrons. The molecule has 0 aliphatic carbocycles. The van der Waals surface area contributed by atoms with Crippen LogP contribution < -0.4 is 0 Å². The van der Waals surface area contributed by atoms with Crippen molar-refractivity contribution in [2.75, 3.05) is 5.75 Å². The number of nitrogens with one attached hydrogen (secondary N) is 1. The molecule has 0 saturated heterocycles. The zero-order valence-electron chi connectivity index (χ0n) is 6.75. The molecule has 0 atom stereocenters. The van der Waals surface area contributed by atoms with Gasteiger partial charge in [-0.15, -0.1) is 0 Å². The Balaban J connectivity index is 2.57. The molecule has 0 fully saturated rings. The number of rotatable bonds is 2. The summed E-state index contributed by atoms with van der Waals surface area (Å²) in [6, 6.07) is 8.45. The molecular formula is C10H11NS. The molecular weight excluding hydrogens is 166 g/mol. The Kier molecular flexibility index (Phi) is 2.09. The summed E-state index contributed by atoms with van der Waals surface area (Å²) in [4.78, 5) is 3.19. The Hall–Kier alpha value is -0.890. The van der Waals surface area contributed by atoms with E-state index in [0.29, 0.717) is 0 Å². The van der Waals surface area contributed by atoms with Crippen LogP contribution in [-0.2, 0) is 6.42 Å². The van der Waals surface area contributed by atoms with Crippen molar-refractivity contribution in [2.45, 2.75) is 6.42 Å². The van der Waals surface area contributed by atoms with E-state index in [9.17, 15) is 0 Å². The van der Waals surface area contributed by atoms with Gasteiger partial charge in [-0.3, -0.25) is 0 Å². The first-order valence-electron chi connectivity index (χ1n) is 4.07. The molecule has 62 valence electrons. The summed E-state index contributed by atoms with van der Waals surface area (Å²) in [5, 5.41) is 1.33. The maximum absolute atomic E-state index is 4.23. The Bertz CT molecular complexity index is 378. The van der Waals surface area contributed by atoms with Crippen LogP contribution in [0.1, 0.15) is 5.56 Å². The minimum absolute atomic E-state index is 0.907. The number of aryl methyl sites for hydroxylation is 1. The lowest BCUT2D eigenvalue weighted by Gasteiger charge is -1.99. The van der Waals surface area contributed by atoms with Crippen LogP contribution in [-0.4, -0.2) is 10.7 Å². The van der Waals surface area contributed by atoms with Gasteiger partial charge in [0.15, 0.2) is 0 Å². The Morgan fingerprint density at radius 3 is 3.00 bits per heavy atom. The van der Waals surface area contributed by atoms with Crippen molar-refractivity contribution in [3.05, 3.63) is 36.0 Å². The van der Waals surface area contributed by atoms with Crippen molar-refractivity contribution in [1.82, 2.24) is 4.98 Å². The van der Waals surface area contributed by atoms with Crippen LogP contribution in [0.2, 0.25) is 0 Å². The average Bonchev–Trinajstić information content (AvgIpc) is 2.53. The molecule has 1 aromatic carbocycles. The minimum Gasteiger partial charge on any atom is -0.361 e. The molecule has 12 heavy (non-hydrogen) atoms. The van der Waals surface area contributed by atoms with Gasteiger partial charge in [0.05, 0.1) is 0 Å². The highest BCUT2D eigenvalue weighted by molar-refractivity contribution is 7.80. The van der Waals surface area contributed by atoms with E-state index in [1.807, 2.05) is 6.20 Å². The van der Waals surface area contributed by atoms with Gasteiger partial charge in [0.2, 0.25) is 0 Å². The summed E-state index contributed by atoms with van der Waals surface area (Å²) in [5.41, 5.74) is 2.60. The van der Waals surface area contributed by atoms with Crippen molar-refractivity contribution < 1.29 is 0 Å². The molecule has 1 N–H and O–H groups in total. The largest absolute Gasteiger partial charge is 0.361 e. The normalized spacial score (nSPS) is 10.8. The van der Waals surface area contributed by atoms with Crippen LogP contribution in [0.5, 0.6) is 0 Å². The molecule has 2 rings (SSSR count). The Labute approximate surface area is 77.2 Å². The number of thiol groups is 1. The van der Waals surface area contributed by atoms with Gasteiger partial charge in [-0.05, 0) is 29.9 Å². The van der Waals surface area contributed by atoms with Crippen molar-refractivity contribution in [2.24, 2.45) is 0 Å². The van der Waals surface area contributed by atoms with Gasteiger partial charge >= 0.3 is 0 Å². The first kappa shape index (κ1) is 7.74. The lowest BCUT2D eigenvalue weighted by atomic mass is 10.1. The van der Waals surface area contributed by atoms with Crippen LogP contribution in [0.15, 0.2) is 30.5 Å². The third-order valence-corrected chi connectivity index (χ3v) is 2.29. The first-order valence-corrected chi connectivity index (χ1v) is 4.71. The summed E-state index contributed by atoms with van der Waals surface area (Å²) < 4.78 is 0. The van der Waals surface area contributed by atoms with E-state index in [-0.39, 0.29) is 0 Å². The molecule has 1 aromatic heterocycles. The third kappa shape index (κ3) is 1.23. The van der Waals surface area contributed by atoms with E-state index in [1.165, 1.54) is 16.5 Å². The number of H-pyrrole nitrogens is 1. The summed E-state index contributed by atoms with van der Waals surface area (Å²) >= 11 is 4.23. The van der Waals surface area contributed by atoms with E-state index in [4.69, 9.17) is 0 Å². The standard InChI is InChI=1S/C10H11NS/c12-7-5-8-2-1-3-10-9(8)4-6-11-10/h1-4,6,11-12H,5,7H2. The van der Waals surface area contributed by atoms with Crippen molar-refractivity contribution in [3.63, 3.8) is 0 Å². The van der Waals surface area contributed by atoms with Gasteiger partial charge in [0, 0.05) is 17.1 Å². The van der Waals surface area contributed by atoms with E-state index >= 15 is 0 Å². The smallest absolute Gasteiger partial charge is 0.0456 e. The molecule has 0 saturated carbocycles. The number of fused-ring (bicyclic) bond motifs is 1. The lowest BCUT2D eigenvalue weighted by molar-refractivity contribution is 1.18. The van der Waals surface area contributed by atoms with E-state index < -0.39 is 0 Å². The zero-order valence-corrected chi connectivity index (χ0v) is 7.64. The van der Waals surface area contributed by atoms with Crippen molar-refractivity contribution in [3.8, 4) is 0 Å². The number of hydrogen-bond acceptors (Lipinski definition) is 1. The number of hydrogen-bond donors (Lipinski definition) is 2. The monoisotopic (exact) mass is 177 g/mol. The van der Waals surface area contributed by atoms with Crippen LogP contribution >= 0.6 is 12.6 Å². The van der Waals surface area contributed by atoms with E-state index in [0.717, 1.165) is 12.2 Å². The topological polar surface area (TPSA) is 15.8 Å². The molecule has 0 aliphatic heterocycles. The van der Waals surface area contributed by atoms with Crippen LogP contribution in [0, 0.1) is 0 Å². The molecule has 0 spiro atoms. The maximum atomic E-state index is 4.23. The first-order chi connectivity index (χ1) is 5.92. The lowest BCUT2D eigenvalue weighted by Crippen LogP contribution is -1.85. The second kappa shape index (κ2) is 3.23. The fourth-order valence-electron chi connectivity index (χ4n) is 1.49. The highest BCUT2D eigenvalue weighted by atomic mass is 32.1. The summed E-state index contributed by atoms with van der Waals surface area (Å²) in [5.74, 6) is 0.907. The molecule has 1 nitrogen and oxygen atoms in total. The summed E-state index contributed by atoms with van der Waals surface area (Å²) in [6.45, 7) is 0. The molecule has 0 bridgehead atoms. The quantitative estimate of drug-likeness (QED) is 0.656. The third-order valence-electron chi connectivity index (χ3n) is 2.07. The summed E-state index contributed by atoms with van der Waals surface area (Å²) in [7, 11) is 0. The van der Waals surface area contributed by atoms with Gasteiger partial charge in [0.25, 0.3) is 0 Å². The van der Waals surface area contributed by atoms with Gasteiger partial charge < -0.3 is 4.98 Å².